The Hall–Kier alpha value is -2.73. The van der Waals surface area contributed by atoms with E-state index < -0.39 is 9.73 Å². The van der Waals surface area contributed by atoms with Crippen LogP contribution in [0.3, 0.4) is 0 Å². The van der Waals surface area contributed by atoms with E-state index in [-0.39, 0.29) is 11.7 Å². The van der Waals surface area contributed by atoms with E-state index >= 15 is 0 Å². The predicted octanol–water partition coefficient (Wildman–Crippen LogP) is 6.78. The monoisotopic (exact) mass is 423 g/mol. The molecule has 156 valence electrons. The maximum Gasteiger partial charge on any atom is 0.147 e. The second-order valence-corrected chi connectivity index (χ2v) is 10.6. The van der Waals surface area contributed by atoms with Crippen molar-refractivity contribution in [1.82, 2.24) is 9.97 Å². The van der Waals surface area contributed by atoms with Gasteiger partial charge >= 0.3 is 0 Å². The summed E-state index contributed by atoms with van der Waals surface area (Å²) in [5, 5.41) is 2.90. The van der Waals surface area contributed by atoms with Crippen LogP contribution in [0.4, 0.5) is 10.2 Å². The minimum Gasteiger partial charge on any atom is -0.342 e. The Balaban J connectivity index is 2.18. The van der Waals surface area contributed by atoms with Crippen LogP contribution >= 0.6 is 0 Å². The number of aromatic nitrogens is 2. The van der Waals surface area contributed by atoms with Crippen molar-refractivity contribution < 1.29 is 8.60 Å². The van der Waals surface area contributed by atoms with Crippen LogP contribution in [0.1, 0.15) is 39.3 Å². The molecule has 0 aliphatic carbocycles. The number of nitrogens with zero attached hydrogens (tertiary/aromatic N) is 2. The van der Waals surface area contributed by atoms with E-state index in [0.29, 0.717) is 17.3 Å². The SMILES string of the molecule is CCS(=O)(CC)=Nc1[nH]c(C(C)C)c(-c2ccc(F)cc2)c2cc3ccnc3cc12. The van der Waals surface area contributed by atoms with Gasteiger partial charge < -0.3 is 4.98 Å². The van der Waals surface area contributed by atoms with Gasteiger partial charge in [0.25, 0.3) is 0 Å². The molecule has 4 aromatic rings. The van der Waals surface area contributed by atoms with Gasteiger partial charge in [-0.1, -0.05) is 39.8 Å². The fourth-order valence-electron chi connectivity index (χ4n) is 3.79. The quantitative estimate of drug-likeness (QED) is 0.384. The van der Waals surface area contributed by atoms with Crippen LogP contribution in [0.5, 0.6) is 0 Å². The Morgan fingerprint density at radius 1 is 1.07 bits per heavy atom. The third kappa shape index (κ3) is 3.60. The number of benzene rings is 2. The molecule has 1 N–H and O–H groups in total. The summed E-state index contributed by atoms with van der Waals surface area (Å²) in [6, 6.07) is 12.6. The summed E-state index contributed by atoms with van der Waals surface area (Å²) in [5.74, 6) is 1.51. The Morgan fingerprint density at radius 2 is 1.77 bits per heavy atom. The van der Waals surface area contributed by atoms with Crippen LogP contribution in [0.2, 0.25) is 0 Å². The lowest BCUT2D eigenvalue weighted by atomic mass is 9.92. The topological polar surface area (TPSA) is 58.1 Å². The molecule has 0 saturated carbocycles. The van der Waals surface area contributed by atoms with E-state index in [1.807, 2.05) is 26.0 Å². The fraction of sp³-hybridized carbons (Fsp3) is 0.292. The van der Waals surface area contributed by atoms with E-state index in [1.165, 1.54) is 12.1 Å². The van der Waals surface area contributed by atoms with Crippen molar-refractivity contribution in [1.29, 1.82) is 0 Å². The number of fused-ring (bicyclic) bond motifs is 2. The van der Waals surface area contributed by atoms with Crippen molar-refractivity contribution in [2.24, 2.45) is 4.36 Å². The number of rotatable bonds is 5. The van der Waals surface area contributed by atoms with Gasteiger partial charge in [0.15, 0.2) is 0 Å². The number of hydrogen-bond acceptors (Lipinski definition) is 3. The smallest absolute Gasteiger partial charge is 0.147 e. The highest BCUT2D eigenvalue weighted by atomic mass is 32.2. The Labute approximate surface area is 176 Å². The number of pyridine rings is 1. The lowest BCUT2D eigenvalue weighted by molar-refractivity contribution is 0.628. The van der Waals surface area contributed by atoms with Gasteiger partial charge in [-0.05, 0) is 47.2 Å². The maximum absolute atomic E-state index is 13.6. The van der Waals surface area contributed by atoms with Gasteiger partial charge in [0.05, 0.1) is 15.2 Å². The summed E-state index contributed by atoms with van der Waals surface area (Å²) in [5.41, 5.74) is 3.80. The van der Waals surface area contributed by atoms with E-state index in [1.54, 1.807) is 18.3 Å². The standard InChI is InChI=1S/C24H26FN3OS/c1-5-30(29,6-2)28-24-20-14-21-17(11-12-26-21)13-19(20)22(23(27-24)15(3)4)16-7-9-18(25)10-8-16/h7-15,27H,5-6H2,1-4H3. The molecule has 0 radical (unpaired) electrons. The van der Waals surface area contributed by atoms with Gasteiger partial charge in [0.2, 0.25) is 0 Å². The first-order chi connectivity index (χ1) is 14.3. The molecule has 2 aromatic carbocycles. The third-order valence-electron chi connectivity index (χ3n) is 5.55. The minimum atomic E-state index is -2.35. The zero-order valence-corrected chi connectivity index (χ0v) is 18.5. The molecule has 0 spiro atoms. The summed E-state index contributed by atoms with van der Waals surface area (Å²) < 4.78 is 31.5. The molecular formula is C24H26FN3OS. The van der Waals surface area contributed by atoms with E-state index in [2.05, 4.69) is 29.9 Å². The summed E-state index contributed by atoms with van der Waals surface area (Å²) in [4.78, 5) is 7.92. The van der Waals surface area contributed by atoms with Crippen LogP contribution in [0, 0.1) is 5.82 Å². The molecule has 2 aromatic heterocycles. The summed E-state index contributed by atoms with van der Waals surface area (Å²) in [7, 11) is -2.35. The largest absolute Gasteiger partial charge is 0.342 e. The average molecular weight is 424 g/mol. The molecule has 0 atom stereocenters. The molecule has 2 heterocycles. The van der Waals surface area contributed by atoms with Crippen LogP contribution in [0.25, 0.3) is 32.8 Å². The minimum absolute atomic E-state index is 0.163. The highest BCUT2D eigenvalue weighted by molar-refractivity contribution is 7.93. The fourth-order valence-corrected chi connectivity index (χ4v) is 4.93. The highest BCUT2D eigenvalue weighted by Gasteiger charge is 2.19. The summed E-state index contributed by atoms with van der Waals surface area (Å²) >= 11 is 0. The summed E-state index contributed by atoms with van der Waals surface area (Å²) in [6.45, 7) is 8.03. The zero-order chi connectivity index (χ0) is 21.5. The molecule has 30 heavy (non-hydrogen) atoms. The van der Waals surface area contributed by atoms with Crippen LogP contribution in [-0.2, 0) is 9.73 Å². The van der Waals surface area contributed by atoms with Crippen molar-refractivity contribution in [3.63, 3.8) is 0 Å². The van der Waals surface area contributed by atoms with Gasteiger partial charge in [-0.2, -0.15) is 4.36 Å². The average Bonchev–Trinajstić information content (AvgIpc) is 3.20. The van der Waals surface area contributed by atoms with E-state index in [4.69, 9.17) is 4.36 Å². The van der Waals surface area contributed by atoms with Gasteiger partial charge in [-0.25, -0.2) is 8.60 Å². The molecule has 0 aliphatic heterocycles. The summed E-state index contributed by atoms with van der Waals surface area (Å²) in [6.07, 6.45) is 1.78. The lowest BCUT2D eigenvalue weighted by Gasteiger charge is -2.19. The van der Waals surface area contributed by atoms with Crippen LogP contribution in [0.15, 0.2) is 53.0 Å². The maximum atomic E-state index is 13.6. The van der Waals surface area contributed by atoms with Crippen molar-refractivity contribution in [2.45, 2.75) is 33.6 Å². The number of H-pyrrole nitrogens is 1. The molecule has 4 rings (SSSR count). The Kier molecular flexibility index (Phi) is 5.36. The normalized spacial score (nSPS) is 12.2. The lowest BCUT2D eigenvalue weighted by Crippen LogP contribution is -2.06. The first-order valence-corrected chi connectivity index (χ1v) is 12.1. The molecule has 0 fully saturated rings. The first kappa shape index (κ1) is 20.5. The Morgan fingerprint density at radius 3 is 2.40 bits per heavy atom. The second-order valence-electron chi connectivity index (χ2n) is 7.77. The molecule has 4 nitrogen and oxygen atoms in total. The number of hydrogen-bond donors (Lipinski definition) is 1. The molecule has 0 saturated heterocycles. The predicted molar refractivity (Wildman–Crippen MR) is 124 cm³/mol. The number of nitrogens with one attached hydrogen (secondary N) is 1. The number of halogens is 1. The first-order valence-electron chi connectivity index (χ1n) is 10.3. The van der Waals surface area contributed by atoms with Crippen molar-refractivity contribution in [3.05, 3.63) is 60.2 Å². The van der Waals surface area contributed by atoms with Gasteiger partial charge in [-0.3, -0.25) is 4.98 Å². The van der Waals surface area contributed by atoms with Gasteiger partial charge in [0.1, 0.15) is 11.6 Å². The molecule has 0 aliphatic rings. The van der Waals surface area contributed by atoms with Crippen molar-refractivity contribution in [2.75, 3.05) is 11.5 Å². The van der Waals surface area contributed by atoms with Crippen LogP contribution in [-0.4, -0.2) is 25.7 Å². The van der Waals surface area contributed by atoms with Gasteiger partial charge in [0, 0.05) is 39.7 Å². The zero-order valence-electron chi connectivity index (χ0n) is 17.7. The van der Waals surface area contributed by atoms with Crippen molar-refractivity contribution >= 4 is 37.2 Å². The Bertz CT molecular complexity index is 1340. The third-order valence-corrected chi connectivity index (χ3v) is 7.87. The van der Waals surface area contributed by atoms with E-state index in [0.717, 1.165) is 38.5 Å². The highest BCUT2D eigenvalue weighted by Crippen LogP contribution is 2.40. The van der Waals surface area contributed by atoms with Gasteiger partial charge in [-0.15, -0.1) is 0 Å². The molecule has 0 bridgehead atoms. The molecule has 0 unspecified atom stereocenters. The van der Waals surface area contributed by atoms with Crippen LogP contribution < -0.4 is 0 Å². The molecule has 6 heteroatoms. The molecule has 0 amide bonds. The van der Waals surface area contributed by atoms with E-state index in [9.17, 15) is 8.60 Å². The molecular weight excluding hydrogens is 397 g/mol. The van der Waals surface area contributed by atoms with Crippen molar-refractivity contribution in [3.8, 4) is 11.1 Å². The second kappa shape index (κ2) is 7.84. The number of aromatic amines is 1.